The lowest BCUT2D eigenvalue weighted by Crippen LogP contribution is -2.61. The van der Waals surface area contributed by atoms with Gasteiger partial charge in [-0.1, -0.05) is 0 Å². The smallest absolute Gasteiger partial charge is 0.237 e. The zero-order chi connectivity index (χ0) is 14.1. The van der Waals surface area contributed by atoms with E-state index in [-0.39, 0.29) is 10.4 Å². The van der Waals surface area contributed by atoms with E-state index >= 15 is 0 Å². The molecule has 1 atom stereocenters. The molecule has 0 aromatic heterocycles. The van der Waals surface area contributed by atoms with E-state index in [0.29, 0.717) is 12.0 Å². The van der Waals surface area contributed by atoms with Crippen LogP contribution < -0.4 is 5.43 Å². The maximum absolute atomic E-state index is 11.6. The molecule has 0 fully saturated rings. The molecule has 1 N–H and O–H groups in total. The van der Waals surface area contributed by atoms with Crippen LogP contribution in [-0.4, -0.2) is 62.9 Å². The summed E-state index contributed by atoms with van der Waals surface area (Å²) in [6.45, 7) is 1.49. The van der Waals surface area contributed by atoms with Crippen molar-refractivity contribution in [2.75, 3.05) is 19.1 Å². The summed E-state index contributed by atoms with van der Waals surface area (Å²) in [5.41, 5.74) is 2.82. The van der Waals surface area contributed by atoms with Crippen LogP contribution in [0.15, 0.2) is 5.10 Å². The van der Waals surface area contributed by atoms with E-state index in [2.05, 4.69) is 10.5 Å². The Morgan fingerprint density at radius 2 is 1.83 bits per heavy atom. The van der Waals surface area contributed by atoms with E-state index in [1.54, 1.807) is 6.92 Å². The first-order valence-electron chi connectivity index (χ1n) is 4.78. The third-order valence-electron chi connectivity index (χ3n) is 2.01. The Morgan fingerprint density at radius 1 is 1.33 bits per heavy atom. The van der Waals surface area contributed by atoms with E-state index in [4.69, 9.17) is 0 Å². The summed E-state index contributed by atoms with van der Waals surface area (Å²) in [5, 5.41) is 4.65. The van der Waals surface area contributed by atoms with Crippen LogP contribution in [0.1, 0.15) is 6.92 Å². The summed E-state index contributed by atoms with van der Waals surface area (Å²) < 4.78 is 46.5. The van der Waals surface area contributed by atoms with Gasteiger partial charge < -0.3 is 0 Å². The van der Waals surface area contributed by atoms with Crippen LogP contribution in [0.2, 0.25) is 0 Å². The Balaban J connectivity index is 3.30. The van der Waals surface area contributed by atoms with Gasteiger partial charge in [0.2, 0.25) is 20.0 Å². The molecule has 0 saturated heterocycles. The molecule has 1 unspecified atom stereocenters. The van der Waals surface area contributed by atoms with Gasteiger partial charge in [-0.3, -0.25) is 10.2 Å². The second kappa shape index (κ2) is 4.91. The van der Waals surface area contributed by atoms with Gasteiger partial charge in [-0.25, -0.2) is 16.8 Å². The van der Waals surface area contributed by atoms with Gasteiger partial charge in [0.15, 0.2) is 12.5 Å². The van der Waals surface area contributed by atoms with Gasteiger partial charge in [0.25, 0.3) is 0 Å². The largest absolute Gasteiger partial charge is 0.299 e. The minimum atomic E-state index is -4.07. The third-order valence-corrected chi connectivity index (χ3v) is 5.18. The molecule has 0 aromatic carbocycles. The SMILES string of the molecule is CC1=NNC(C=O)N(N(S(C)(=O)=O)S(C)(=O)=O)C1. The minimum absolute atomic E-state index is 0.0868. The number of carbonyl (C=O) groups is 1. The number of sulfonamides is 2. The van der Waals surface area contributed by atoms with Gasteiger partial charge in [0.1, 0.15) is 0 Å². The second-order valence-electron chi connectivity index (χ2n) is 3.86. The number of nitrogens with one attached hydrogen (secondary N) is 1. The molecule has 0 spiro atoms. The zero-order valence-electron chi connectivity index (χ0n) is 10.1. The Bertz CT molecular complexity index is 535. The molecule has 9 nitrogen and oxygen atoms in total. The van der Waals surface area contributed by atoms with Crippen molar-refractivity contribution < 1.29 is 21.6 Å². The quantitative estimate of drug-likeness (QED) is 0.592. The van der Waals surface area contributed by atoms with Crippen molar-refractivity contribution in [2.45, 2.75) is 13.1 Å². The summed E-state index contributed by atoms with van der Waals surface area (Å²) >= 11 is 0. The number of carbonyl (C=O) groups excluding carboxylic acids is 1. The molecule has 11 heteroatoms. The number of hydrazine groups is 1. The summed E-state index contributed by atoms with van der Waals surface area (Å²) in [6, 6.07) is 0. The van der Waals surface area contributed by atoms with Crippen LogP contribution in [-0.2, 0) is 24.8 Å². The number of hydrazone groups is 1. The highest BCUT2D eigenvalue weighted by molar-refractivity contribution is 8.03. The molecular weight excluding hydrogens is 284 g/mol. The first-order chi connectivity index (χ1) is 8.07. The molecule has 1 aliphatic rings. The standard InChI is InChI=1S/C7H14N4O5S2/c1-6-4-10(7(5-12)9-8-6)11(17(2,13)14)18(3,15)16/h5,7,9H,4H2,1-3H3. The maximum atomic E-state index is 11.6. The minimum Gasteiger partial charge on any atom is -0.299 e. The summed E-state index contributed by atoms with van der Waals surface area (Å²) in [4.78, 5) is 10.8. The van der Waals surface area contributed by atoms with Gasteiger partial charge in [-0.2, -0.15) is 10.1 Å². The number of rotatable bonds is 4. The Morgan fingerprint density at radius 3 is 2.22 bits per heavy atom. The Labute approximate surface area is 106 Å². The molecule has 0 aliphatic carbocycles. The molecule has 0 bridgehead atoms. The molecule has 1 rings (SSSR count). The second-order valence-corrected chi connectivity index (χ2v) is 7.71. The van der Waals surface area contributed by atoms with Crippen LogP contribution in [0, 0.1) is 0 Å². The molecular formula is C7H14N4O5S2. The molecule has 104 valence electrons. The third kappa shape index (κ3) is 3.25. The predicted molar refractivity (Wildman–Crippen MR) is 64.3 cm³/mol. The van der Waals surface area contributed by atoms with E-state index in [9.17, 15) is 21.6 Å². The lowest BCUT2D eigenvalue weighted by molar-refractivity contribution is -0.115. The lowest BCUT2D eigenvalue weighted by atomic mass is 10.3. The van der Waals surface area contributed by atoms with Crippen molar-refractivity contribution in [3.8, 4) is 0 Å². The number of hydrogen-bond donors (Lipinski definition) is 1. The topological polar surface area (TPSA) is 116 Å². The van der Waals surface area contributed by atoms with Gasteiger partial charge in [-0.15, -0.1) is 0 Å². The average molecular weight is 298 g/mol. The van der Waals surface area contributed by atoms with Gasteiger partial charge >= 0.3 is 0 Å². The predicted octanol–water partition coefficient (Wildman–Crippen LogP) is -2.07. The van der Waals surface area contributed by atoms with Crippen molar-refractivity contribution >= 4 is 32.0 Å². The average Bonchev–Trinajstić information content (AvgIpc) is 2.13. The van der Waals surface area contributed by atoms with Gasteiger partial charge in [-0.05, 0) is 10.7 Å². The van der Waals surface area contributed by atoms with E-state index in [0.717, 1.165) is 17.5 Å². The number of hydrogen-bond acceptors (Lipinski definition) is 8. The van der Waals surface area contributed by atoms with Crippen LogP contribution in [0.3, 0.4) is 0 Å². The summed E-state index contributed by atoms with van der Waals surface area (Å²) in [6.07, 6.45) is 0.714. The highest BCUT2D eigenvalue weighted by Gasteiger charge is 2.39. The molecule has 1 heterocycles. The highest BCUT2D eigenvalue weighted by atomic mass is 32.3. The van der Waals surface area contributed by atoms with Crippen molar-refractivity contribution in [3.05, 3.63) is 0 Å². The van der Waals surface area contributed by atoms with Crippen molar-refractivity contribution in [2.24, 2.45) is 5.10 Å². The van der Waals surface area contributed by atoms with Crippen molar-refractivity contribution in [3.63, 3.8) is 0 Å². The fourth-order valence-electron chi connectivity index (χ4n) is 1.50. The maximum Gasteiger partial charge on any atom is 0.237 e. The van der Waals surface area contributed by atoms with Crippen molar-refractivity contribution in [1.29, 1.82) is 0 Å². The first-order valence-corrected chi connectivity index (χ1v) is 8.48. The Kier molecular flexibility index (Phi) is 4.10. The lowest BCUT2D eigenvalue weighted by Gasteiger charge is -2.36. The van der Waals surface area contributed by atoms with E-state index < -0.39 is 26.2 Å². The summed E-state index contributed by atoms with van der Waals surface area (Å²) in [7, 11) is -8.14. The van der Waals surface area contributed by atoms with E-state index in [1.807, 2.05) is 0 Å². The van der Waals surface area contributed by atoms with Crippen LogP contribution in [0.25, 0.3) is 0 Å². The normalized spacial score (nSPS) is 22.4. The van der Waals surface area contributed by atoms with Gasteiger partial charge in [0.05, 0.1) is 24.8 Å². The molecule has 0 amide bonds. The monoisotopic (exact) mass is 298 g/mol. The molecule has 18 heavy (non-hydrogen) atoms. The number of aldehydes is 1. The van der Waals surface area contributed by atoms with Crippen molar-refractivity contribution in [1.82, 2.24) is 14.3 Å². The van der Waals surface area contributed by atoms with Crippen LogP contribution in [0.4, 0.5) is 0 Å². The molecule has 1 aliphatic heterocycles. The zero-order valence-corrected chi connectivity index (χ0v) is 11.7. The van der Waals surface area contributed by atoms with Gasteiger partial charge in [0, 0.05) is 0 Å². The first kappa shape index (κ1) is 15.0. The number of nitrogens with zero attached hydrogens (tertiary/aromatic N) is 3. The molecule has 0 saturated carbocycles. The Hall–Kier alpha value is -1.04. The molecule has 0 aromatic rings. The fraction of sp³-hybridized carbons (Fsp3) is 0.714. The fourth-order valence-corrected chi connectivity index (χ4v) is 4.55. The summed E-state index contributed by atoms with van der Waals surface area (Å²) in [5.74, 6) is 0. The van der Waals surface area contributed by atoms with E-state index in [1.165, 1.54) is 0 Å². The highest BCUT2D eigenvalue weighted by Crippen LogP contribution is 2.14. The molecule has 0 radical (unpaired) electrons. The van der Waals surface area contributed by atoms with Crippen LogP contribution in [0.5, 0.6) is 0 Å². The van der Waals surface area contributed by atoms with Crippen LogP contribution >= 0.6 is 0 Å².